The molecule has 8 aromatic carbocycles. The number of fused-ring (bicyclic) bond motifs is 3. The molecule has 0 unspecified atom stereocenters. The molecule has 52 heavy (non-hydrogen) atoms. The van der Waals surface area contributed by atoms with E-state index in [2.05, 4.69) is 193 Å². The van der Waals surface area contributed by atoms with Gasteiger partial charge in [-0.2, -0.15) is 18.2 Å². The van der Waals surface area contributed by atoms with Gasteiger partial charge in [-0.15, -0.1) is 39.7 Å². The minimum Gasteiger partial charge on any atom is -0.214 e. The van der Waals surface area contributed by atoms with Crippen molar-refractivity contribution < 1.29 is 24.2 Å². The molecule has 0 aliphatic heterocycles. The van der Waals surface area contributed by atoms with Crippen LogP contribution in [0.1, 0.15) is 63.8 Å². The van der Waals surface area contributed by atoms with Crippen LogP contribution in [0, 0.1) is 0 Å². The van der Waals surface area contributed by atoms with Crippen LogP contribution in [0.2, 0.25) is 0 Å². The zero-order valence-corrected chi connectivity index (χ0v) is 33.8. The summed E-state index contributed by atoms with van der Waals surface area (Å²) in [7, 11) is 0. The third kappa shape index (κ3) is 8.83. The second-order valence-corrected chi connectivity index (χ2v) is 16.6. The second-order valence-electron chi connectivity index (χ2n) is 15.4. The molecule has 0 heterocycles. The van der Waals surface area contributed by atoms with Gasteiger partial charge in [-0.25, -0.2) is 12.1 Å². The fourth-order valence-corrected chi connectivity index (χ4v) is 7.58. The van der Waals surface area contributed by atoms with Crippen LogP contribution in [0.3, 0.4) is 0 Å². The summed E-state index contributed by atoms with van der Waals surface area (Å²) in [5.41, 5.74) is 10.8. The third-order valence-corrected chi connectivity index (χ3v) is 10.9. The molecular formula is C51H48Zr. The Hall–Kier alpha value is -4.71. The molecule has 256 valence electrons. The molecule has 0 amide bonds. The van der Waals surface area contributed by atoms with Gasteiger partial charge in [-0.05, 0) is 44.2 Å². The monoisotopic (exact) mass is 750 g/mol. The molecule has 0 aromatic heterocycles. The van der Waals surface area contributed by atoms with E-state index in [-0.39, 0.29) is 10.8 Å². The van der Waals surface area contributed by atoms with Crippen LogP contribution >= 0.6 is 0 Å². The van der Waals surface area contributed by atoms with Gasteiger partial charge in [0.2, 0.25) is 0 Å². The van der Waals surface area contributed by atoms with Crippen molar-refractivity contribution in [2.24, 2.45) is 0 Å². The van der Waals surface area contributed by atoms with E-state index in [0.717, 1.165) is 0 Å². The number of hydrogen-bond donors (Lipinski definition) is 0. The van der Waals surface area contributed by atoms with Gasteiger partial charge < -0.3 is 0 Å². The van der Waals surface area contributed by atoms with Gasteiger partial charge in [0.05, 0.1) is 0 Å². The average Bonchev–Trinajstić information content (AvgIpc) is 3.86. The Morgan fingerprint density at radius 1 is 0.442 bits per heavy atom. The van der Waals surface area contributed by atoms with E-state index < -0.39 is 0 Å². The van der Waals surface area contributed by atoms with Crippen LogP contribution in [0.5, 0.6) is 0 Å². The Morgan fingerprint density at radius 2 is 0.788 bits per heavy atom. The fourth-order valence-electron chi connectivity index (χ4n) is 6.76. The molecule has 8 aromatic rings. The summed E-state index contributed by atoms with van der Waals surface area (Å²) in [5, 5.41) is 5.36. The Morgan fingerprint density at radius 3 is 1.10 bits per heavy atom. The molecule has 0 N–H and O–H groups in total. The van der Waals surface area contributed by atoms with Gasteiger partial charge in [-0.1, -0.05) is 114 Å². The smallest absolute Gasteiger partial charge is 0.172 e. The largest absolute Gasteiger partial charge is 0.214 e. The Balaban J connectivity index is 0.000000199. The van der Waals surface area contributed by atoms with E-state index in [1.807, 2.05) is 30.3 Å². The maximum absolute atomic E-state index is 2.45. The van der Waals surface area contributed by atoms with Crippen molar-refractivity contribution >= 4 is 24.8 Å². The van der Waals surface area contributed by atoms with Crippen molar-refractivity contribution in [2.75, 3.05) is 0 Å². The molecule has 0 fully saturated rings. The maximum Gasteiger partial charge on any atom is -0.172 e. The van der Waals surface area contributed by atoms with Gasteiger partial charge in [0, 0.05) is 0 Å². The summed E-state index contributed by atoms with van der Waals surface area (Å²) in [6.45, 7) is 13.9. The van der Waals surface area contributed by atoms with Crippen molar-refractivity contribution in [3.8, 4) is 22.3 Å². The van der Waals surface area contributed by atoms with Gasteiger partial charge in [0.25, 0.3) is 0 Å². The van der Waals surface area contributed by atoms with Gasteiger partial charge >= 0.3 is 99.2 Å². The maximum atomic E-state index is 2.45. The molecule has 0 radical (unpaired) electrons. The standard InChI is InChI=1S/C33H33.C13H10.C5H5.Zr/c1-32(2,3)30-20-26-24(18-28(30)22-13-9-7-10-14-22)17-25-19-29(23-15-11-8-12-16-23)31(21-27(25)26)33(4,5)6;1-3-7-12(8-4-1)11-13-9-5-2-6-10-13;1-2-4-5-3-1;/h7-21H,1-6H3;1-10H;1-5H;/q-1;;-1;+2. The van der Waals surface area contributed by atoms with E-state index in [4.69, 9.17) is 0 Å². The molecule has 0 atom stereocenters. The molecule has 0 bridgehead atoms. The predicted molar refractivity (Wildman–Crippen MR) is 223 cm³/mol. The summed E-state index contributed by atoms with van der Waals surface area (Å²) in [5.74, 6) is 0. The van der Waals surface area contributed by atoms with E-state index in [0.29, 0.717) is 0 Å². The zero-order chi connectivity index (χ0) is 36.7. The molecule has 8 rings (SSSR count). The van der Waals surface area contributed by atoms with Crippen LogP contribution in [-0.2, 0) is 35.1 Å². The molecule has 0 nitrogen and oxygen atoms in total. The number of benzene rings is 6. The summed E-state index contributed by atoms with van der Waals surface area (Å²) < 4.78 is 1.42. The van der Waals surface area contributed by atoms with E-state index in [1.165, 1.54) is 93.5 Å². The normalized spacial score (nSPS) is 11.4. The summed E-state index contributed by atoms with van der Waals surface area (Å²) in [6, 6.07) is 64.8. The van der Waals surface area contributed by atoms with E-state index >= 15 is 0 Å². The molecular weight excluding hydrogens is 704 g/mol. The number of rotatable bonds is 4. The first kappa shape index (κ1) is 37.1. The molecule has 0 aliphatic carbocycles. The first-order chi connectivity index (χ1) is 25.0. The zero-order valence-electron chi connectivity index (χ0n) is 31.3. The van der Waals surface area contributed by atoms with Crippen molar-refractivity contribution in [1.29, 1.82) is 0 Å². The fraction of sp³-hybridized carbons (Fsp3) is 0.157. The first-order valence-corrected chi connectivity index (χ1v) is 19.4. The van der Waals surface area contributed by atoms with Crippen molar-refractivity contribution in [3.63, 3.8) is 0 Å². The van der Waals surface area contributed by atoms with Crippen LogP contribution in [-0.4, -0.2) is 3.21 Å². The predicted octanol–water partition coefficient (Wildman–Crippen LogP) is 13.8. The van der Waals surface area contributed by atoms with Gasteiger partial charge in [0.1, 0.15) is 0 Å². The molecule has 0 saturated heterocycles. The van der Waals surface area contributed by atoms with Crippen LogP contribution in [0.4, 0.5) is 0 Å². The van der Waals surface area contributed by atoms with Crippen LogP contribution in [0.25, 0.3) is 43.8 Å². The third-order valence-electron chi connectivity index (χ3n) is 9.45. The van der Waals surface area contributed by atoms with Crippen molar-refractivity contribution in [1.82, 2.24) is 0 Å². The average molecular weight is 752 g/mol. The van der Waals surface area contributed by atoms with Crippen LogP contribution < -0.4 is 0 Å². The Kier molecular flexibility index (Phi) is 11.6. The summed E-state index contributed by atoms with van der Waals surface area (Å²) in [6.07, 6.45) is 0. The summed E-state index contributed by atoms with van der Waals surface area (Å²) >= 11 is 1.46. The van der Waals surface area contributed by atoms with Crippen LogP contribution in [0.15, 0.2) is 182 Å². The van der Waals surface area contributed by atoms with Gasteiger partial charge in [0.15, 0.2) is 0 Å². The minimum atomic E-state index is 0.0554. The van der Waals surface area contributed by atoms with Crippen molar-refractivity contribution in [2.45, 2.75) is 52.4 Å². The SMILES string of the molecule is CC(C)(C)c1cc2c(cc1-c1ccccc1)[cH-]c1cc(-c3ccccc3)c(C(C)(C)C)cc12.[Zr+2]=[C](c1ccccc1)c1ccccc1.c1cc[cH-]c1. The second kappa shape index (κ2) is 16.3. The molecule has 0 saturated carbocycles. The van der Waals surface area contributed by atoms with Gasteiger partial charge in [-0.3, -0.25) is 0 Å². The van der Waals surface area contributed by atoms with E-state index in [9.17, 15) is 0 Å². The van der Waals surface area contributed by atoms with E-state index in [1.54, 1.807) is 0 Å². The number of hydrogen-bond acceptors (Lipinski definition) is 0. The van der Waals surface area contributed by atoms with Crippen molar-refractivity contribution in [3.05, 3.63) is 204 Å². The summed E-state index contributed by atoms with van der Waals surface area (Å²) in [4.78, 5) is 0. The quantitative estimate of drug-likeness (QED) is 0.157. The Bertz CT molecular complexity index is 2160. The Labute approximate surface area is 325 Å². The molecule has 1 heteroatoms. The molecule has 0 aliphatic rings. The first-order valence-electron chi connectivity index (χ1n) is 18.2. The molecule has 0 spiro atoms. The topological polar surface area (TPSA) is 0 Å². The minimum absolute atomic E-state index is 0.0554.